The zero-order valence-corrected chi connectivity index (χ0v) is 19.2. The highest BCUT2D eigenvalue weighted by atomic mass is 35.5. The number of benzene rings is 1. The van der Waals surface area contributed by atoms with Crippen LogP contribution in [0.1, 0.15) is 56.8 Å². The standard InChI is InChI=1S/C23H33ClN2O4/c1-23(2,3)30-22(28)26-13-9-17(10-14-26)16-7-11-25(12-8-16)18-5-6-19(20(24)15-18)21(27)29-4/h5-6,15-17H,7-14H2,1-4H3. The number of nitrogens with zero attached hydrogens (tertiary/aromatic N) is 2. The Bertz CT molecular complexity index is 761. The van der Waals surface area contributed by atoms with Crippen molar-refractivity contribution < 1.29 is 19.1 Å². The van der Waals surface area contributed by atoms with Crippen molar-refractivity contribution in [1.29, 1.82) is 0 Å². The molecule has 0 radical (unpaired) electrons. The fourth-order valence-electron chi connectivity index (χ4n) is 4.49. The van der Waals surface area contributed by atoms with Crippen LogP contribution in [0.2, 0.25) is 5.02 Å². The summed E-state index contributed by atoms with van der Waals surface area (Å²) >= 11 is 6.28. The molecular formula is C23H33ClN2O4. The van der Waals surface area contributed by atoms with Crippen LogP contribution < -0.4 is 4.90 Å². The molecule has 7 heteroatoms. The largest absolute Gasteiger partial charge is 0.465 e. The summed E-state index contributed by atoms with van der Waals surface area (Å²) in [5.74, 6) is 0.936. The Morgan fingerprint density at radius 3 is 2.07 bits per heavy atom. The fourth-order valence-corrected chi connectivity index (χ4v) is 4.74. The number of anilines is 1. The number of carbonyl (C=O) groups excluding carboxylic acids is 2. The number of esters is 1. The number of amides is 1. The van der Waals surface area contributed by atoms with E-state index < -0.39 is 11.6 Å². The van der Waals surface area contributed by atoms with Gasteiger partial charge in [0.1, 0.15) is 5.60 Å². The van der Waals surface area contributed by atoms with Gasteiger partial charge in [-0.05, 0) is 76.5 Å². The van der Waals surface area contributed by atoms with Crippen LogP contribution in [0.3, 0.4) is 0 Å². The number of halogens is 1. The van der Waals surface area contributed by atoms with E-state index in [1.54, 1.807) is 6.07 Å². The maximum atomic E-state index is 12.3. The molecule has 0 N–H and O–H groups in total. The monoisotopic (exact) mass is 436 g/mol. The van der Waals surface area contributed by atoms with Crippen LogP contribution in [0.4, 0.5) is 10.5 Å². The van der Waals surface area contributed by atoms with Gasteiger partial charge in [0, 0.05) is 31.9 Å². The summed E-state index contributed by atoms with van der Waals surface area (Å²) in [7, 11) is 1.36. The second-order valence-electron chi connectivity index (χ2n) is 9.29. The van der Waals surface area contributed by atoms with Crippen LogP contribution in [-0.4, -0.2) is 55.9 Å². The number of rotatable bonds is 3. The van der Waals surface area contributed by atoms with E-state index in [4.69, 9.17) is 21.1 Å². The summed E-state index contributed by atoms with van der Waals surface area (Å²) in [4.78, 5) is 28.2. The van der Waals surface area contributed by atoms with E-state index >= 15 is 0 Å². The van der Waals surface area contributed by atoms with Gasteiger partial charge in [-0.1, -0.05) is 11.6 Å². The third-order valence-corrected chi connectivity index (χ3v) is 6.43. The van der Waals surface area contributed by atoms with Crippen molar-refractivity contribution >= 4 is 29.4 Å². The summed E-state index contributed by atoms with van der Waals surface area (Å²) in [6.07, 6.45) is 4.16. The van der Waals surface area contributed by atoms with Gasteiger partial charge < -0.3 is 19.3 Å². The summed E-state index contributed by atoms with van der Waals surface area (Å²) in [5.41, 5.74) is 0.999. The van der Waals surface area contributed by atoms with Gasteiger partial charge in [-0.15, -0.1) is 0 Å². The van der Waals surface area contributed by atoms with Crippen LogP contribution >= 0.6 is 11.6 Å². The molecule has 2 fully saturated rings. The van der Waals surface area contributed by atoms with Crippen molar-refractivity contribution in [2.75, 3.05) is 38.2 Å². The molecule has 0 spiro atoms. The van der Waals surface area contributed by atoms with Gasteiger partial charge in [-0.2, -0.15) is 0 Å². The molecule has 0 aromatic heterocycles. The molecule has 30 heavy (non-hydrogen) atoms. The maximum absolute atomic E-state index is 12.3. The Labute approximate surface area is 184 Å². The average Bonchev–Trinajstić information content (AvgIpc) is 2.72. The van der Waals surface area contributed by atoms with Gasteiger partial charge in [0.15, 0.2) is 0 Å². The zero-order valence-electron chi connectivity index (χ0n) is 18.4. The van der Waals surface area contributed by atoms with E-state index in [1.807, 2.05) is 37.8 Å². The van der Waals surface area contributed by atoms with Gasteiger partial charge in [0.2, 0.25) is 0 Å². The minimum atomic E-state index is -0.446. The SMILES string of the molecule is COC(=O)c1ccc(N2CCC(C3CCN(C(=O)OC(C)(C)C)CC3)CC2)cc1Cl. The van der Waals surface area contributed by atoms with Crippen molar-refractivity contribution in [2.24, 2.45) is 11.8 Å². The van der Waals surface area contributed by atoms with Gasteiger partial charge in [0.05, 0.1) is 17.7 Å². The van der Waals surface area contributed by atoms with E-state index in [0.717, 1.165) is 57.5 Å². The summed E-state index contributed by atoms with van der Waals surface area (Å²) < 4.78 is 10.3. The summed E-state index contributed by atoms with van der Waals surface area (Å²) in [5, 5.41) is 0.427. The molecule has 2 aliphatic heterocycles. The van der Waals surface area contributed by atoms with Gasteiger partial charge >= 0.3 is 12.1 Å². The Balaban J connectivity index is 1.49. The first kappa shape index (κ1) is 22.7. The second kappa shape index (κ2) is 9.46. The minimum absolute atomic E-state index is 0.192. The Kier molecular flexibility index (Phi) is 7.17. The quantitative estimate of drug-likeness (QED) is 0.624. The molecule has 0 atom stereocenters. The van der Waals surface area contributed by atoms with Crippen LogP contribution in [0.5, 0.6) is 0 Å². The van der Waals surface area contributed by atoms with Gasteiger partial charge in [-0.25, -0.2) is 9.59 Å². The molecule has 6 nitrogen and oxygen atoms in total. The molecular weight excluding hydrogens is 404 g/mol. The predicted molar refractivity (Wildman–Crippen MR) is 118 cm³/mol. The van der Waals surface area contributed by atoms with E-state index in [2.05, 4.69) is 4.90 Å². The van der Waals surface area contributed by atoms with Gasteiger partial charge in [-0.3, -0.25) is 0 Å². The molecule has 0 aliphatic carbocycles. The van der Waals surface area contributed by atoms with Crippen molar-refractivity contribution in [3.63, 3.8) is 0 Å². The predicted octanol–water partition coefficient (Wildman–Crippen LogP) is 4.99. The lowest BCUT2D eigenvalue weighted by Gasteiger charge is -2.41. The number of hydrogen-bond donors (Lipinski definition) is 0. The second-order valence-corrected chi connectivity index (χ2v) is 9.69. The molecule has 0 bridgehead atoms. The van der Waals surface area contributed by atoms with Crippen LogP contribution in [0.15, 0.2) is 18.2 Å². The first-order valence-corrected chi connectivity index (χ1v) is 11.2. The van der Waals surface area contributed by atoms with Crippen molar-refractivity contribution in [3.8, 4) is 0 Å². The van der Waals surface area contributed by atoms with E-state index in [1.165, 1.54) is 7.11 Å². The smallest absolute Gasteiger partial charge is 0.410 e. The first-order valence-electron chi connectivity index (χ1n) is 10.8. The topological polar surface area (TPSA) is 59.1 Å². The van der Waals surface area contributed by atoms with Gasteiger partial charge in [0.25, 0.3) is 0 Å². The van der Waals surface area contributed by atoms with Crippen molar-refractivity contribution in [3.05, 3.63) is 28.8 Å². The number of likely N-dealkylation sites (tertiary alicyclic amines) is 1. The molecule has 2 heterocycles. The number of methoxy groups -OCH3 is 1. The molecule has 166 valence electrons. The average molecular weight is 437 g/mol. The third kappa shape index (κ3) is 5.60. The molecule has 2 saturated heterocycles. The lowest BCUT2D eigenvalue weighted by atomic mass is 9.79. The number of carbonyl (C=O) groups is 2. The molecule has 1 aromatic rings. The van der Waals surface area contributed by atoms with Crippen molar-refractivity contribution in [2.45, 2.75) is 52.1 Å². The normalized spacial score (nSPS) is 19.0. The Hall–Kier alpha value is -1.95. The molecule has 2 aliphatic rings. The Morgan fingerprint density at radius 2 is 1.57 bits per heavy atom. The summed E-state index contributed by atoms with van der Waals surface area (Å²) in [6, 6.07) is 5.53. The number of ether oxygens (including phenoxy) is 2. The Morgan fingerprint density at radius 1 is 1.00 bits per heavy atom. The lowest BCUT2D eigenvalue weighted by Crippen LogP contribution is -2.44. The molecule has 0 unspecified atom stereocenters. The zero-order chi connectivity index (χ0) is 21.9. The highest BCUT2D eigenvalue weighted by Gasteiger charge is 2.32. The summed E-state index contributed by atoms with van der Waals surface area (Å²) in [6.45, 7) is 9.23. The van der Waals surface area contributed by atoms with Crippen LogP contribution in [-0.2, 0) is 9.47 Å². The third-order valence-electron chi connectivity index (χ3n) is 6.12. The first-order chi connectivity index (χ1) is 14.2. The lowest BCUT2D eigenvalue weighted by molar-refractivity contribution is 0.0152. The number of piperidine rings is 2. The van der Waals surface area contributed by atoms with Crippen LogP contribution in [0, 0.1) is 11.8 Å². The maximum Gasteiger partial charge on any atom is 0.410 e. The number of hydrogen-bond acceptors (Lipinski definition) is 5. The van der Waals surface area contributed by atoms with Crippen LogP contribution in [0.25, 0.3) is 0 Å². The molecule has 0 saturated carbocycles. The van der Waals surface area contributed by atoms with E-state index in [-0.39, 0.29) is 6.09 Å². The van der Waals surface area contributed by atoms with Crippen molar-refractivity contribution in [1.82, 2.24) is 4.90 Å². The highest BCUT2D eigenvalue weighted by Crippen LogP contribution is 2.35. The fraction of sp³-hybridized carbons (Fsp3) is 0.652. The highest BCUT2D eigenvalue weighted by molar-refractivity contribution is 6.33. The van der Waals surface area contributed by atoms with E-state index in [0.29, 0.717) is 22.4 Å². The molecule has 1 amide bonds. The molecule has 1 aromatic carbocycles. The molecule has 3 rings (SSSR count). The minimum Gasteiger partial charge on any atom is -0.465 e. The van der Waals surface area contributed by atoms with E-state index in [9.17, 15) is 9.59 Å².